The average Bonchev–Trinajstić information content (AvgIpc) is 2.43. The van der Waals surface area contributed by atoms with Gasteiger partial charge in [-0.2, -0.15) is 0 Å². The smallest absolute Gasteiger partial charge is 0.217 e. The molecular weight excluding hydrogens is 270 g/mol. The lowest BCUT2D eigenvalue weighted by Gasteiger charge is -2.47. The van der Waals surface area contributed by atoms with Crippen LogP contribution in [0, 0.1) is 5.41 Å². The fraction of sp³-hybridized carbons (Fsp3) is 0.938. The first kappa shape index (κ1) is 16.7. The number of amides is 1. The zero-order chi connectivity index (χ0) is 15.7. The molecule has 3 rings (SSSR count). The second kappa shape index (κ2) is 6.23. The van der Waals surface area contributed by atoms with Crippen molar-refractivity contribution in [3.05, 3.63) is 0 Å². The van der Waals surface area contributed by atoms with Gasteiger partial charge in [-0.05, 0) is 46.5 Å². The molecule has 2 aliphatic heterocycles. The van der Waals surface area contributed by atoms with Crippen molar-refractivity contribution in [3.8, 4) is 0 Å². The zero-order valence-corrected chi connectivity index (χ0v) is 13.6. The molecular formula is C16H29NO4. The summed E-state index contributed by atoms with van der Waals surface area (Å²) in [6.45, 7) is 8.16. The van der Waals surface area contributed by atoms with Gasteiger partial charge in [-0.3, -0.25) is 4.79 Å². The Bertz CT molecular complexity index is 355. The number of nitrogens with one attached hydrogen (secondary N) is 1. The Morgan fingerprint density at radius 2 is 2.10 bits per heavy atom. The quantitative estimate of drug-likeness (QED) is 0.782. The predicted octanol–water partition coefficient (Wildman–Crippen LogP) is 1.63. The highest BCUT2D eigenvalue weighted by Crippen LogP contribution is 2.43. The van der Waals surface area contributed by atoms with Gasteiger partial charge in [0.2, 0.25) is 5.91 Å². The number of hydrogen-bond donors (Lipinski definition) is 2. The first-order valence-electron chi connectivity index (χ1n) is 7.95. The van der Waals surface area contributed by atoms with Crippen LogP contribution in [0.25, 0.3) is 0 Å². The molecule has 5 nitrogen and oxygen atoms in total. The van der Waals surface area contributed by atoms with Crippen LogP contribution in [0.2, 0.25) is 0 Å². The van der Waals surface area contributed by atoms with Gasteiger partial charge in [-0.15, -0.1) is 0 Å². The number of carbonyl (C=O) groups is 1. The third-order valence-corrected chi connectivity index (χ3v) is 4.86. The molecule has 3 aliphatic rings. The number of hydrogen-bond acceptors (Lipinski definition) is 4. The summed E-state index contributed by atoms with van der Waals surface area (Å²) < 4.78 is 11.8. The number of rotatable bonds is 6. The van der Waals surface area contributed by atoms with Gasteiger partial charge in [0, 0.05) is 12.3 Å². The molecule has 0 aromatic heterocycles. The fourth-order valence-electron chi connectivity index (χ4n) is 3.49. The van der Waals surface area contributed by atoms with E-state index < -0.39 is 11.6 Å². The predicted molar refractivity (Wildman–Crippen MR) is 80.0 cm³/mol. The minimum Gasteiger partial charge on any atom is -0.388 e. The van der Waals surface area contributed by atoms with E-state index in [4.69, 9.17) is 9.47 Å². The van der Waals surface area contributed by atoms with Crippen LogP contribution in [0.15, 0.2) is 0 Å². The van der Waals surface area contributed by atoms with Crippen molar-refractivity contribution in [2.45, 2.75) is 77.2 Å². The summed E-state index contributed by atoms with van der Waals surface area (Å²) in [6, 6.07) is -0.424. The normalized spacial score (nSPS) is 31.8. The van der Waals surface area contributed by atoms with Crippen molar-refractivity contribution in [1.82, 2.24) is 5.32 Å². The van der Waals surface area contributed by atoms with Crippen LogP contribution >= 0.6 is 0 Å². The highest BCUT2D eigenvalue weighted by atomic mass is 16.5. The minimum absolute atomic E-state index is 0.128. The number of ether oxygens (including phenoxy) is 2. The molecule has 2 N–H and O–H groups in total. The van der Waals surface area contributed by atoms with E-state index in [2.05, 4.69) is 5.32 Å². The number of fused-ring (bicyclic) bond motifs is 3. The van der Waals surface area contributed by atoms with Gasteiger partial charge in [-0.25, -0.2) is 0 Å². The maximum atomic E-state index is 11.3. The summed E-state index contributed by atoms with van der Waals surface area (Å²) in [4.78, 5) is 11.3. The summed E-state index contributed by atoms with van der Waals surface area (Å²) in [6.07, 6.45) is 4.75. The molecule has 5 heteroatoms. The van der Waals surface area contributed by atoms with E-state index in [0.29, 0.717) is 12.7 Å². The average molecular weight is 299 g/mol. The molecule has 0 spiro atoms. The summed E-state index contributed by atoms with van der Waals surface area (Å²) >= 11 is 0. The van der Waals surface area contributed by atoms with E-state index in [0.717, 1.165) is 32.3 Å². The van der Waals surface area contributed by atoms with E-state index in [1.807, 2.05) is 6.92 Å². The van der Waals surface area contributed by atoms with Crippen LogP contribution < -0.4 is 5.32 Å². The van der Waals surface area contributed by atoms with Gasteiger partial charge in [0.25, 0.3) is 0 Å². The minimum atomic E-state index is -1.02. The molecule has 1 aliphatic carbocycles. The maximum absolute atomic E-state index is 11.3. The van der Waals surface area contributed by atoms with Crippen LogP contribution in [0.1, 0.15) is 53.4 Å². The molecule has 2 heterocycles. The SMILES string of the molecule is CC(=O)NC(C(C)OCC12CCC(CC1)OC2)C(C)(C)O. The van der Waals surface area contributed by atoms with Crippen LogP contribution in [0.3, 0.4) is 0 Å². The first-order valence-corrected chi connectivity index (χ1v) is 7.95. The summed E-state index contributed by atoms with van der Waals surface area (Å²) in [5.41, 5.74) is -0.896. The van der Waals surface area contributed by atoms with E-state index >= 15 is 0 Å². The summed E-state index contributed by atoms with van der Waals surface area (Å²) in [7, 11) is 0. The van der Waals surface area contributed by atoms with Crippen molar-refractivity contribution < 1.29 is 19.4 Å². The molecule has 1 amide bonds. The molecule has 21 heavy (non-hydrogen) atoms. The number of carbonyl (C=O) groups excluding carboxylic acids is 1. The second-order valence-electron chi connectivity index (χ2n) is 7.36. The van der Waals surface area contributed by atoms with Gasteiger partial charge in [0.15, 0.2) is 0 Å². The number of aliphatic hydroxyl groups is 1. The van der Waals surface area contributed by atoms with E-state index in [1.54, 1.807) is 13.8 Å². The Balaban J connectivity index is 1.92. The second-order valence-corrected chi connectivity index (χ2v) is 7.36. The van der Waals surface area contributed by atoms with Gasteiger partial charge in [-0.1, -0.05) is 0 Å². The van der Waals surface area contributed by atoms with Crippen molar-refractivity contribution >= 4 is 5.91 Å². The Morgan fingerprint density at radius 3 is 2.52 bits per heavy atom. The van der Waals surface area contributed by atoms with Gasteiger partial charge >= 0.3 is 0 Å². The van der Waals surface area contributed by atoms with Crippen LogP contribution in [0.4, 0.5) is 0 Å². The first-order chi connectivity index (χ1) is 9.72. The Hall–Kier alpha value is -0.650. The van der Waals surface area contributed by atoms with Crippen molar-refractivity contribution in [2.75, 3.05) is 13.2 Å². The van der Waals surface area contributed by atoms with Crippen LogP contribution in [-0.4, -0.2) is 48.1 Å². The summed E-state index contributed by atoms with van der Waals surface area (Å²) in [5.74, 6) is -0.155. The third-order valence-electron chi connectivity index (χ3n) is 4.86. The molecule has 3 fully saturated rings. The Labute approximate surface area is 127 Å². The highest BCUT2D eigenvalue weighted by molar-refractivity contribution is 5.73. The van der Waals surface area contributed by atoms with Crippen LogP contribution in [-0.2, 0) is 14.3 Å². The van der Waals surface area contributed by atoms with E-state index in [-0.39, 0.29) is 17.4 Å². The Morgan fingerprint density at radius 1 is 1.48 bits per heavy atom. The van der Waals surface area contributed by atoms with Crippen molar-refractivity contribution in [3.63, 3.8) is 0 Å². The largest absolute Gasteiger partial charge is 0.388 e. The molecule has 2 atom stereocenters. The van der Waals surface area contributed by atoms with Gasteiger partial charge in [0.05, 0.1) is 37.1 Å². The van der Waals surface area contributed by atoms with Crippen molar-refractivity contribution in [2.24, 2.45) is 5.41 Å². The lowest BCUT2D eigenvalue weighted by Crippen LogP contribution is -2.56. The molecule has 2 saturated heterocycles. The van der Waals surface area contributed by atoms with Crippen LogP contribution in [0.5, 0.6) is 0 Å². The molecule has 2 bridgehead atoms. The lowest BCUT2D eigenvalue weighted by molar-refractivity contribution is -0.157. The van der Waals surface area contributed by atoms with E-state index in [1.165, 1.54) is 6.92 Å². The molecule has 1 saturated carbocycles. The van der Waals surface area contributed by atoms with Crippen molar-refractivity contribution in [1.29, 1.82) is 0 Å². The molecule has 0 radical (unpaired) electrons. The van der Waals surface area contributed by atoms with Gasteiger partial charge < -0.3 is 19.9 Å². The van der Waals surface area contributed by atoms with E-state index in [9.17, 15) is 9.90 Å². The molecule has 0 aromatic rings. The highest BCUT2D eigenvalue weighted by Gasteiger charge is 2.42. The summed E-state index contributed by atoms with van der Waals surface area (Å²) in [5, 5.41) is 13.0. The lowest BCUT2D eigenvalue weighted by atomic mass is 9.72. The topological polar surface area (TPSA) is 67.8 Å². The zero-order valence-electron chi connectivity index (χ0n) is 13.6. The Kier molecular flexibility index (Phi) is 4.96. The molecule has 2 unspecified atom stereocenters. The fourth-order valence-corrected chi connectivity index (χ4v) is 3.49. The molecule has 122 valence electrons. The standard InChI is InChI=1S/C16H29NO4/c1-11(14(15(3,4)19)17-12(2)18)20-9-16-7-5-13(6-8-16)21-10-16/h11,13-14,19H,5-10H2,1-4H3,(H,17,18). The molecule has 0 aromatic carbocycles. The maximum Gasteiger partial charge on any atom is 0.217 e. The van der Waals surface area contributed by atoms with Gasteiger partial charge in [0.1, 0.15) is 0 Å². The monoisotopic (exact) mass is 299 g/mol. The third kappa shape index (κ3) is 4.18.